The number of nitrogens with two attached hydrogens (primary N) is 1. The van der Waals surface area contributed by atoms with Crippen LogP contribution in [0.5, 0.6) is 5.75 Å². The van der Waals surface area contributed by atoms with Gasteiger partial charge in [-0.2, -0.15) is 9.50 Å². The SMILES string of the molecule is Cc1cc(=O)n2[nH]c(C(N)Cc3ccc(O)cc3)nc2n1. The van der Waals surface area contributed by atoms with Crippen LogP contribution < -0.4 is 11.3 Å². The zero-order valence-electron chi connectivity index (χ0n) is 11.4. The highest BCUT2D eigenvalue weighted by molar-refractivity contribution is 5.30. The monoisotopic (exact) mass is 285 g/mol. The lowest BCUT2D eigenvalue weighted by Crippen LogP contribution is -2.17. The lowest BCUT2D eigenvalue weighted by atomic mass is 10.1. The quantitative estimate of drug-likeness (QED) is 0.655. The maximum Gasteiger partial charge on any atom is 0.274 e. The molecule has 1 aromatic carbocycles. The van der Waals surface area contributed by atoms with E-state index < -0.39 is 6.04 Å². The first-order valence-corrected chi connectivity index (χ1v) is 6.53. The molecule has 0 saturated heterocycles. The summed E-state index contributed by atoms with van der Waals surface area (Å²) in [6.07, 6.45) is 0.536. The second-order valence-electron chi connectivity index (χ2n) is 4.96. The van der Waals surface area contributed by atoms with Gasteiger partial charge in [-0.25, -0.2) is 4.98 Å². The van der Waals surface area contributed by atoms with E-state index in [0.717, 1.165) is 5.56 Å². The summed E-state index contributed by atoms with van der Waals surface area (Å²) >= 11 is 0. The number of phenolic OH excluding ortho intramolecular Hbond substituents is 1. The fraction of sp³-hybridized carbons (Fsp3) is 0.214. The lowest BCUT2D eigenvalue weighted by Gasteiger charge is -2.08. The Morgan fingerprint density at radius 3 is 2.76 bits per heavy atom. The average molecular weight is 285 g/mol. The number of hydrogen-bond donors (Lipinski definition) is 3. The summed E-state index contributed by atoms with van der Waals surface area (Å²) < 4.78 is 1.28. The van der Waals surface area contributed by atoms with Crippen LogP contribution in [0, 0.1) is 6.92 Å². The summed E-state index contributed by atoms with van der Waals surface area (Å²) in [6, 6.07) is 7.85. The van der Waals surface area contributed by atoms with Gasteiger partial charge in [-0.3, -0.25) is 9.89 Å². The molecule has 2 aromatic heterocycles. The van der Waals surface area contributed by atoms with Crippen LogP contribution in [0.1, 0.15) is 23.1 Å². The zero-order chi connectivity index (χ0) is 15.0. The van der Waals surface area contributed by atoms with Crippen molar-refractivity contribution in [3.8, 4) is 5.75 Å². The summed E-state index contributed by atoms with van der Waals surface area (Å²) in [5, 5.41) is 12.1. The van der Waals surface area contributed by atoms with Gasteiger partial charge in [0.1, 0.15) is 11.6 Å². The smallest absolute Gasteiger partial charge is 0.274 e. The Morgan fingerprint density at radius 1 is 1.33 bits per heavy atom. The van der Waals surface area contributed by atoms with Gasteiger partial charge in [0.15, 0.2) is 0 Å². The second kappa shape index (κ2) is 5.02. The number of fused-ring (bicyclic) bond motifs is 1. The molecule has 0 amide bonds. The van der Waals surface area contributed by atoms with Crippen molar-refractivity contribution >= 4 is 5.78 Å². The highest BCUT2D eigenvalue weighted by Crippen LogP contribution is 2.16. The van der Waals surface area contributed by atoms with Crippen LogP contribution in [-0.4, -0.2) is 24.7 Å². The standard InChI is InChI=1S/C14H15N5O2/c1-8-6-12(21)19-14(16-8)17-13(18-19)11(15)7-9-2-4-10(20)5-3-9/h2-6,11,20H,7,15H2,1H3,(H,16,17,18). The van der Waals surface area contributed by atoms with Crippen LogP contribution >= 0.6 is 0 Å². The number of nitrogens with one attached hydrogen (secondary N) is 1. The van der Waals surface area contributed by atoms with Crippen LogP contribution in [-0.2, 0) is 6.42 Å². The number of rotatable bonds is 3. The maximum absolute atomic E-state index is 11.8. The number of aromatic hydroxyl groups is 1. The fourth-order valence-electron chi connectivity index (χ4n) is 2.16. The third-order valence-electron chi connectivity index (χ3n) is 3.22. The van der Waals surface area contributed by atoms with E-state index in [1.54, 1.807) is 31.2 Å². The topological polar surface area (TPSA) is 109 Å². The second-order valence-corrected chi connectivity index (χ2v) is 4.96. The van der Waals surface area contributed by atoms with Gasteiger partial charge in [-0.05, 0) is 31.0 Å². The number of nitrogens with zero attached hydrogens (tertiary/aromatic N) is 3. The Morgan fingerprint density at radius 2 is 2.05 bits per heavy atom. The van der Waals surface area contributed by atoms with Gasteiger partial charge >= 0.3 is 0 Å². The first kappa shape index (κ1) is 13.3. The molecule has 4 N–H and O–H groups in total. The summed E-state index contributed by atoms with van der Waals surface area (Å²) in [5.41, 5.74) is 7.49. The average Bonchev–Trinajstić information content (AvgIpc) is 2.85. The van der Waals surface area contributed by atoms with E-state index in [2.05, 4.69) is 15.1 Å². The van der Waals surface area contributed by atoms with Gasteiger partial charge in [0.2, 0.25) is 0 Å². The molecule has 0 aliphatic rings. The largest absolute Gasteiger partial charge is 0.508 e. The molecule has 3 rings (SSSR count). The third kappa shape index (κ3) is 2.63. The molecule has 2 heterocycles. The van der Waals surface area contributed by atoms with Gasteiger partial charge in [-0.1, -0.05) is 12.1 Å². The maximum atomic E-state index is 11.8. The molecule has 0 aliphatic heterocycles. The van der Waals surface area contributed by atoms with Crippen molar-refractivity contribution in [1.29, 1.82) is 0 Å². The van der Waals surface area contributed by atoms with Crippen molar-refractivity contribution in [2.24, 2.45) is 5.73 Å². The minimum Gasteiger partial charge on any atom is -0.508 e. The van der Waals surface area contributed by atoms with Crippen LogP contribution in [0.2, 0.25) is 0 Å². The first-order valence-electron chi connectivity index (χ1n) is 6.53. The van der Waals surface area contributed by atoms with Crippen LogP contribution in [0.4, 0.5) is 0 Å². The molecule has 7 heteroatoms. The predicted octanol–water partition coefficient (Wildman–Crippen LogP) is 0.674. The number of benzene rings is 1. The molecule has 1 unspecified atom stereocenters. The Bertz CT molecular complexity index is 835. The van der Waals surface area contributed by atoms with E-state index in [1.807, 2.05) is 0 Å². The van der Waals surface area contributed by atoms with Crippen molar-refractivity contribution in [2.75, 3.05) is 0 Å². The molecule has 108 valence electrons. The van der Waals surface area contributed by atoms with E-state index in [1.165, 1.54) is 10.6 Å². The zero-order valence-corrected chi connectivity index (χ0v) is 11.4. The van der Waals surface area contributed by atoms with Gasteiger partial charge < -0.3 is 10.8 Å². The summed E-state index contributed by atoms with van der Waals surface area (Å²) in [5.74, 6) is 1.02. The Hall–Kier alpha value is -2.67. The minimum absolute atomic E-state index is 0.210. The number of aromatic nitrogens is 4. The summed E-state index contributed by atoms with van der Waals surface area (Å²) in [7, 11) is 0. The number of aromatic amines is 1. The van der Waals surface area contributed by atoms with Crippen molar-refractivity contribution in [3.63, 3.8) is 0 Å². The molecular weight excluding hydrogens is 270 g/mol. The van der Waals surface area contributed by atoms with Crippen LogP contribution in [0.15, 0.2) is 35.1 Å². The van der Waals surface area contributed by atoms with Crippen molar-refractivity contribution < 1.29 is 5.11 Å². The highest BCUT2D eigenvalue weighted by Gasteiger charge is 2.14. The number of aryl methyl sites for hydroxylation is 1. The summed E-state index contributed by atoms with van der Waals surface area (Å²) in [6.45, 7) is 1.74. The predicted molar refractivity (Wildman–Crippen MR) is 77.1 cm³/mol. The van der Waals surface area contributed by atoms with E-state index in [4.69, 9.17) is 5.73 Å². The molecule has 21 heavy (non-hydrogen) atoms. The van der Waals surface area contributed by atoms with Crippen molar-refractivity contribution in [1.82, 2.24) is 19.6 Å². The molecule has 0 aliphatic carbocycles. The number of hydrogen-bond acceptors (Lipinski definition) is 5. The Balaban J connectivity index is 1.91. The summed E-state index contributed by atoms with van der Waals surface area (Å²) in [4.78, 5) is 20.3. The van der Waals surface area contributed by atoms with Crippen LogP contribution in [0.25, 0.3) is 5.78 Å². The van der Waals surface area contributed by atoms with Crippen molar-refractivity contribution in [3.05, 3.63) is 57.8 Å². The molecule has 0 saturated carbocycles. The van der Waals surface area contributed by atoms with E-state index in [9.17, 15) is 9.90 Å². The lowest BCUT2D eigenvalue weighted by molar-refractivity contribution is 0.475. The third-order valence-corrected chi connectivity index (χ3v) is 3.22. The minimum atomic E-state index is -0.393. The number of phenols is 1. The normalized spacial score (nSPS) is 12.7. The molecule has 0 radical (unpaired) electrons. The molecular formula is C14H15N5O2. The fourth-order valence-corrected chi connectivity index (χ4v) is 2.16. The van der Waals surface area contributed by atoms with E-state index in [0.29, 0.717) is 23.7 Å². The van der Waals surface area contributed by atoms with E-state index in [-0.39, 0.29) is 11.3 Å². The Labute approximate surface area is 120 Å². The van der Waals surface area contributed by atoms with Gasteiger partial charge in [0, 0.05) is 11.8 Å². The molecule has 0 fully saturated rings. The molecule has 1 atom stereocenters. The molecule has 0 spiro atoms. The van der Waals surface area contributed by atoms with Gasteiger partial charge in [0.05, 0.1) is 6.04 Å². The van der Waals surface area contributed by atoms with Gasteiger partial charge in [0.25, 0.3) is 11.3 Å². The molecule has 0 bridgehead atoms. The van der Waals surface area contributed by atoms with Gasteiger partial charge in [-0.15, -0.1) is 0 Å². The molecule has 7 nitrogen and oxygen atoms in total. The Kier molecular flexibility index (Phi) is 3.19. The molecule has 3 aromatic rings. The highest BCUT2D eigenvalue weighted by atomic mass is 16.3. The van der Waals surface area contributed by atoms with E-state index >= 15 is 0 Å². The van der Waals surface area contributed by atoms with Crippen molar-refractivity contribution in [2.45, 2.75) is 19.4 Å². The van der Waals surface area contributed by atoms with Crippen LogP contribution in [0.3, 0.4) is 0 Å². The number of H-pyrrole nitrogens is 1. The first-order chi connectivity index (χ1) is 10.0.